The number of hydrazone groups is 1. The molecule has 6 heteroatoms. The van der Waals surface area contributed by atoms with Crippen LogP contribution in [-0.2, 0) is 4.79 Å². The molecule has 2 aliphatic rings. The zero-order valence-corrected chi connectivity index (χ0v) is 18.2. The molecule has 0 radical (unpaired) electrons. The molecule has 152 valence electrons. The molecule has 0 aromatic heterocycles. The summed E-state index contributed by atoms with van der Waals surface area (Å²) < 4.78 is 0.499. The molecule has 0 spiro atoms. The third-order valence-corrected chi connectivity index (χ3v) is 6.46. The molecule has 0 bridgehead atoms. The Morgan fingerprint density at radius 3 is 2.29 bits per heavy atom. The monoisotopic (exact) mass is 441 g/mol. The van der Waals surface area contributed by atoms with Gasteiger partial charge in [0.05, 0.1) is 22.3 Å². The third-order valence-electron chi connectivity index (χ3n) is 5.30. The Labute approximate surface area is 190 Å². The van der Waals surface area contributed by atoms with Crippen LogP contribution in [0.25, 0.3) is 6.08 Å². The van der Waals surface area contributed by atoms with Crippen molar-refractivity contribution in [1.82, 2.24) is 5.32 Å². The average molecular weight is 442 g/mol. The van der Waals surface area contributed by atoms with Crippen LogP contribution in [0.3, 0.4) is 0 Å². The smallest absolute Gasteiger partial charge is 0.263 e. The number of thioether (sulfide) groups is 1. The summed E-state index contributed by atoms with van der Waals surface area (Å²) >= 11 is 6.36. The van der Waals surface area contributed by atoms with Gasteiger partial charge < -0.3 is 5.32 Å². The average Bonchev–Trinajstić information content (AvgIpc) is 3.39. The molecule has 4 nitrogen and oxygen atoms in total. The highest BCUT2D eigenvalue weighted by molar-refractivity contribution is 8.26. The Balaban J connectivity index is 1.47. The van der Waals surface area contributed by atoms with Gasteiger partial charge in [-0.2, -0.15) is 5.10 Å². The summed E-state index contributed by atoms with van der Waals surface area (Å²) in [4.78, 5) is 12.5. The van der Waals surface area contributed by atoms with Gasteiger partial charge in [0.25, 0.3) is 5.91 Å². The zero-order chi connectivity index (χ0) is 21.2. The van der Waals surface area contributed by atoms with Gasteiger partial charge in [0.2, 0.25) is 0 Å². The highest BCUT2D eigenvalue weighted by Gasteiger charge is 2.29. The molecule has 3 aromatic carbocycles. The number of rotatable bonds is 4. The van der Waals surface area contributed by atoms with E-state index in [9.17, 15) is 4.79 Å². The van der Waals surface area contributed by atoms with Crippen molar-refractivity contribution in [3.8, 4) is 0 Å². The minimum Gasteiger partial charge on any atom is -0.307 e. The van der Waals surface area contributed by atoms with Gasteiger partial charge in [-0.1, -0.05) is 96.8 Å². The van der Waals surface area contributed by atoms with E-state index in [0.717, 1.165) is 28.9 Å². The molecule has 1 amide bonds. The Hall–Kier alpha value is -3.22. The zero-order valence-electron chi connectivity index (χ0n) is 16.6. The van der Waals surface area contributed by atoms with E-state index in [2.05, 4.69) is 58.9 Å². The van der Waals surface area contributed by atoms with E-state index in [1.165, 1.54) is 17.3 Å². The molecular weight excluding hydrogens is 422 g/mol. The number of amides is 1. The van der Waals surface area contributed by atoms with E-state index in [0.29, 0.717) is 9.23 Å². The fourth-order valence-corrected chi connectivity index (χ4v) is 4.83. The summed E-state index contributed by atoms with van der Waals surface area (Å²) in [6, 6.07) is 29.1. The lowest BCUT2D eigenvalue weighted by Crippen LogP contribution is -2.18. The molecule has 1 unspecified atom stereocenters. The normalized spacial score (nSPS) is 19.6. The van der Waals surface area contributed by atoms with E-state index < -0.39 is 0 Å². The molecule has 1 saturated heterocycles. The Morgan fingerprint density at radius 2 is 1.65 bits per heavy atom. The molecule has 5 rings (SSSR count). The van der Waals surface area contributed by atoms with Crippen molar-refractivity contribution in [2.24, 2.45) is 5.10 Å². The van der Waals surface area contributed by atoms with Crippen LogP contribution in [0.2, 0.25) is 0 Å². The first-order valence-corrected chi connectivity index (χ1v) is 11.2. The lowest BCUT2D eigenvalue weighted by Gasteiger charge is -2.24. The van der Waals surface area contributed by atoms with Crippen molar-refractivity contribution >= 4 is 51.7 Å². The van der Waals surface area contributed by atoms with Crippen molar-refractivity contribution in [1.29, 1.82) is 0 Å². The topological polar surface area (TPSA) is 44.7 Å². The van der Waals surface area contributed by atoms with Gasteiger partial charge in [-0.15, -0.1) is 0 Å². The summed E-state index contributed by atoms with van der Waals surface area (Å²) in [5.41, 5.74) is 5.42. The number of thiocarbonyl (C=S) groups is 1. The van der Waals surface area contributed by atoms with Crippen molar-refractivity contribution in [2.45, 2.75) is 12.5 Å². The van der Waals surface area contributed by atoms with Crippen LogP contribution >= 0.6 is 24.0 Å². The number of hydrogen-bond donors (Lipinski definition) is 1. The fraction of sp³-hybridized carbons (Fsp3) is 0.0800. The van der Waals surface area contributed by atoms with Gasteiger partial charge in [-0.05, 0) is 34.9 Å². The summed E-state index contributed by atoms with van der Waals surface area (Å²) in [5.74, 6) is -0.139. The van der Waals surface area contributed by atoms with Gasteiger partial charge in [-0.3, -0.25) is 9.80 Å². The number of nitrogens with zero attached hydrogens (tertiary/aromatic N) is 2. The lowest BCUT2D eigenvalue weighted by molar-refractivity contribution is -0.115. The fourth-order valence-electron chi connectivity index (χ4n) is 3.78. The minimum absolute atomic E-state index is 0.133. The predicted molar refractivity (Wildman–Crippen MR) is 132 cm³/mol. The minimum atomic E-state index is -0.139. The number of hydrogen-bond acceptors (Lipinski definition) is 5. The van der Waals surface area contributed by atoms with Crippen molar-refractivity contribution in [3.63, 3.8) is 0 Å². The molecule has 31 heavy (non-hydrogen) atoms. The third kappa shape index (κ3) is 4.17. The first kappa shape index (κ1) is 19.7. The second kappa shape index (κ2) is 8.49. The predicted octanol–water partition coefficient (Wildman–Crippen LogP) is 5.53. The maximum Gasteiger partial charge on any atom is 0.263 e. The first-order valence-electron chi connectivity index (χ1n) is 9.99. The first-order chi connectivity index (χ1) is 15.2. The van der Waals surface area contributed by atoms with Gasteiger partial charge in [0.15, 0.2) is 0 Å². The number of benzene rings is 3. The van der Waals surface area contributed by atoms with Crippen molar-refractivity contribution < 1.29 is 4.79 Å². The summed E-state index contributed by atoms with van der Waals surface area (Å²) in [7, 11) is 0. The van der Waals surface area contributed by atoms with Crippen LogP contribution < -0.4 is 10.3 Å². The van der Waals surface area contributed by atoms with E-state index in [1.807, 2.05) is 42.5 Å². The molecule has 1 N–H and O–H groups in total. The van der Waals surface area contributed by atoms with Crippen LogP contribution in [0.15, 0.2) is 94.9 Å². The van der Waals surface area contributed by atoms with E-state index in [-0.39, 0.29) is 11.9 Å². The highest BCUT2D eigenvalue weighted by Crippen LogP contribution is 2.37. The second-order valence-corrected chi connectivity index (χ2v) is 9.05. The number of carbonyl (C=O) groups is 1. The van der Waals surface area contributed by atoms with E-state index >= 15 is 0 Å². The van der Waals surface area contributed by atoms with Gasteiger partial charge in [-0.25, -0.2) is 0 Å². The Kier molecular flexibility index (Phi) is 5.40. The van der Waals surface area contributed by atoms with Crippen LogP contribution in [0.5, 0.6) is 0 Å². The summed E-state index contributed by atoms with van der Waals surface area (Å²) in [6.45, 7) is 0. The summed E-state index contributed by atoms with van der Waals surface area (Å²) in [6.07, 6.45) is 2.70. The Morgan fingerprint density at radius 1 is 0.968 bits per heavy atom. The molecule has 0 saturated carbocycles. The molecule has 1 fully saturated rings. The number of nitrogens with one attached hydrogen (secondary N) is 1. The molecule has 1 atom stereocenters. The molecule has 2 heterocycles. The van der Waals surface area contributed by atoms with Gasteiger partial charge in [0, 0.05) is 6.42 Å². The maximum absolute atomic E-state index is 11.9. The van der Waals surface area contributed by atoms with E-state index in [4.69, 9.17) is 17.3 Å². The quantitative estimate of drug-likeness (QED) is 0.427. The SMILES string of the molecule is O=C1NC(=S)SC1=Cc1ccc(N2N=C(c3ccccc3)CC2c2ccccc2)cc1. The molecule has 2 aliphatic heterocycles. The largest absolute Gasteiger partial charge is 0.307 e. The maximum atomic E-state index is 11.9. The van der Waals surface area contributed by atoms with Crippen LogP contribution in [0, 0.1) is 0 Å². The molecule has 0 aliphatic carbocycles. The van der Waals surface area contributed by atoms with Crippen molar-refractivity contribution in [3.05, 3.63) is 107 Å². The van der Waals surface area contributed by atoms with E-state index in [1.54, 1.807) is 0 Å². The highest BCUT2D eigenvalue weighted by atomic mass is 32.2. The van der Waals surface area contributed by atoms with Gasteiger partial charge in [0.1, 0.15) is 4.32 Å². The summed E-state index contributed by atoms with van der Waals surface area (Å²) in [5, 5.41) is 9.74. The van der Waals surface area contributed by atoms with Gasteiger partial charge >= 0.3 is 0 Å². The Bertz CT molecular complexity index is 1190. The second-order valence-electron chi connectivity index (χ2n) is 7.33. The number of carbonyl (C=O) groups excluding carboxylic acids is 1. The lowest BCUT2D eigenvalue weighted by atomic mass is 9.98. The molecule has 3 aromatic rings. The van der Waals surface area contributed by atoms with Crippen molar-refractivity contribution in [2.75, 3.05) is 5.01 Å². The van der Waals surface area contributed by atoms with Crippen LogP contribution in [-0.4, -0.2) is 15.9 Å². The number of anilines is 1. The van der Waals surface area contributed by atoms with Crippen LogP contribution in [0.4, 0.5) is 5.69 Å². The standard InChI is InChI=1S/C25H19N3OS2/c29-24-23(31-25(30)26-24)15-17-11-13-20(14-12-17)28-22(19-9-5-2-6-10-19)16-21(27-28)18-7-3-1-4-8-18/h1-15,22H,16H2,(H,26,29,30). The van der Waals surface area contributed by atoms with Crippen LogP contribution in [0.1, 0.15) is 29.2 Å². The molecular formula is C25H19N3OS2.